The van der Waals surface area contributed by atoms with Crippen LogP contribution in [-0.2, 0) is 10.0 Å². The molecule has 3 aromatic rings. The van der Waals surface area contributed by atoms with Crippen LogP contribution in [-0.4, -0.2) is 43.8 Å². The highest BCUT2D eigenvalue weighted by atomic mass is 35.5. The molecule has 11 heteroatoms. The number of pyridine rings is 1. The van der Waals surface area contributed by atoms with Gasteiger partial charge in [-0.15, -0.1) is 10.2 Å². The van der Waals surface area contributed by atoms with Gasteiger partial charge in [0.15, 0.2) is 5.82 Å². The van der Waals surface area contributed by atoms with E-state index in [0.717, 1.165) is 5.69 Å². The van der Waals surface area contributed by atoms with E-state index in [4.69, 9.17) is 16.3 Å². The molecule has 0 aliphatic heterocycles. The van der Waals surface area contributed by atoms with Crippen molar-refractivity contribution in [1.82, 2.24) is 19.9 Å². The van der Waals surface area contributed by atoms with Crippen LogP contribution < -0.4 is 20.1 Å². The molecule has 0 atom stereocenters. The summed E-state index contributed by atoms with van der Waals surface area (Å²) < 4.78 is 32.5. The molecular weight excluding hydrogens is 416 g/mol. The second-order valence-corrected chi connectivity index (χ2v) is 7.96. The number of hydrogen-bond acceptors (Lipinski definition) is 8. The first-order valence-electron chi connectivity index (χ1n) is 8.56. The summed E-state index contributed by atoms with van der Waals surface area (Å²) in [4.78, 5) is 3.93. The van der Waals surface area contributed by atoms with Crippen LogP contribution in [0.25, 0.3) is 0 Å². The van der Waals surface area contributed by atoms with Gasteiger partial charge in [0.2, 0.25) is 10.0 Å². The number of ether oxygens (including phenoxy) is 1. The maximum Gasteiger partial charge on any atom is 0.244 e. The molecular formula is C18H19ClN6O3S. The van der Waals surface area contributed by atoms with Gasteiger partial charge in [-0.3, -0.25) is 4.98 Å². The number of anilines is 3. The van der Waals surface area contributed by atoms with Crippen LogP contribution in [0.5, 0.6) is 5.75 Å². The van der Waals surface area contributed by atoms with E-state index >= 15 is 0 Å². The molecule has 0 saturated heterocycles. The van der Waals surface area contributed by atoms with Crippen molar-refractivity contribution in [2.45, 2.75) is 4.90 Å². The fourth-order valence-corrected chi connectivity index (χ4v) is 3.85. The number of aromatic nitrogens is 3. The topological polar surface area (TPSA) is 118 Å². The van der Waals surface area contributed by atoms with Crippen LogP contribution in [0.2, 0.25) is 5.02 Å². The lowest BCUT2D eigenvalue weighted by Crippen LogP contribution is -2.29. The Hall–Kier alpha value is -2.95. The highest BCUT2D eigenvalue weighted by Crippen LogP contribution is 2.26. The minimum absolute atomic E-state index is 0.0150. The average molecular weight is 435 g/mol. The fourth-order valence-electron chi connectivity index (χ4n) is 2.39. The predicted octanol–water partition coefficient (Wildman–Crippen LogP) is 2.67. The van der Waals surface area contributed by atoms with Gasteiger partial charge in [-0.1, -0.05) is 11.6 Å². The van der Waals surface area contributed by atoms with Crippen LogP contribution >= 0.6 is 11.6 Å². The van der Waals surface area contributed by atoms with E-state index in [1.807, 2.05) is 12.1 Å². The summed E-state index contributed by atoms with van der Waals surface area (Å²) in [5.41, 5.74) is 0.848. The molecule has 0 fully saturated rings. The molecule has 0 aliphatic carbocycles. The third kappa shape index (κ3) is 5.76. The Balaban J connectivity index is 1.52. The van der Waals surface area contributed by atoms with Crippen LogP contribution in [0.3, 0.4) is 0 Å². The molecule has 2 heterocycles. The summed E-state index contributed by atoms with van der Waals surface area (Å²) in [6, 6.07) is 11.5. The SMILES string of the molecule is COc1ccc(Cl)cc1S(=O)(=O)NCCNc1ccc(Nc2ccncc2)nn1. The zero-order valence-electron chi connectivity index (χ0n) is 15.5. The summed E-state index contributed by atoms with van der Waals surface area (Å²) in [5, 5.41) is 14.5. The van der Waals surface area contributed by atoms with Gasteiger partial charge in [0.05, 0.1) is 7.11 Å². The zero-order chi connectivity index (χ0) is 20.7. The Morgan fingerprint density at radius 3 is 2.41 bits per heavy atom. The lowest BCUT2D eigenvalue weighted by molar-refractivity contribution is 0.402. The van der Waals surface area contributed by atoms with Crippen molar-refractivity contribution in [3.8, 4) is 5.75 Å². The maximum atomic E-state index is 12.5. The largest absolute Gasteiger partial charge is 0.495 e. The van der Waals surface area contributed by atoms with Gasteiger partial charge in [-0.2, -0.15) is 0 Å². The molecule has 3 rings (SSSR count). The molecule has 29 heavy (non-hydrogen) atoms. The highest BCUT2D eigenvalue weighted by molar-refractivity contribution is 7.89. The van der Waals surface area contributed by atoms with Crippen LogP contribution in [0.4, 0.5) is 17.3 Å². The maximum absolute atomic E-state index is 12.5. The van der Waals surface area contributed by atoms with E-state index in [9.17, 15) is 8.42 Å². The zero-order valence-corrected chi connectivity index (χ0v) is 17.0. The molecule has 0 spiro atoms. The Labute approximate surface area is 173 Å². The quantitative estimate of drug-likeness (QED) is 0.440. The normalized spacial score (nSPS) is 11.1. The standard InChI is InChI=1S/C18H19ClN6O3S/c1-28-15-3-2-13(19)12-16(15)29(26,27)22-11-10-21-17-4-5-18(25-24-17)23-14-6-8-20-9-7-14/h2-9,12,22H,10-11H2,1H3,(H,21,24)(H,20,23,25). The van der Waals surface area contributed by atoms with E-state index in [-0.39, 0.29) is 17.2 Å². The van der Waals surface area contributed by atoms with Crippen LogP contribution in [0.15, 0.2) is 59.8 Å². The molecule has 9 nitrogen and oxygen atoms in total. The first-order chi connectivity index (χ1) is 14.0. The number of methoxy groups -OCH3 is 1. The Morgan fingerprint density at radius 2 is 1.72 bits per heavy atom. The van der Waals surface area contributed by atoms with E-state index < -0.39 is 10.0 Å². The van der Waals surface area contributed by atoms with Crippen molar-refractivity contribution in [1.29, 1.82) is 0 Å². The number of nitrogens with one attached hydrogen (secondary N) is 3. The lowest BCUT2D eigenvalue weighted by Gasteiger charge is -2.11. The minimum atomic E-state index is -3.77. The first kappa shape index (κ1) is 20.8. The second kappa shape index (κ2) is 9.50. The molecule has 2 aromatic heterocycles. The Bertz CT molecular complexity index is 1050. The van der Waals surface area contributed by atoms with Crippen molar-refractivity contribution >= 4 is 38.9 Å². The third-order valence-corrected chi connectivity index (χ3v) is 5.47. The number of rotatable bonds is 9. The van der Waals surface area contributed by atoms with Crippen molar-refractivity contribution in [2.24, 2.45) is 0 Å². The van der Waals surface area contributed by atoms with Crippen molar-refractivity contribution in [2.75, 3.05) is 30.8 Å². The van der Waals surface area contributed by atoms with E-state index in [1.165, 1.54) is 19.2 Å². The molecule has 3 N–H and O–H groups in total. The molecule has 0 amide bonds. The van der Waals surface area contributed by atoms with Crippen molar-refractivity contribution < 1.29 is 13.2 Å². The van der Waals surface area contributed by atoms with Gasteiger partial charge in [-0.05, 0) is 42.5 Å². The number of sulfonamides is 1. The van der Waals surface area contributed by atoms with Crippen molar-refractivity contribution in [3.63, 3.8) is 0 Å². The minimum Gasteiger partial charge on any atom is -0.495 e. The molecule has 0 aliphatic rings. The summed E-state index contributed by atoms with van der Waals surface area (Å²) in [5.74, 6) is 1.32. The number of halogens is 1. The molecule has 152 valence electrons. The molecule has 1 aromatic carbocycles. The monoisotopic (exact) mass is 434 g/mol. The van der Waals surface area contributed by atoms with E-state index in [1.54, 1.807) is 30.6 Å². The summed E-state index contributed by atoms with van der Waals surface area (Å²) >= 11 is 5.90. The van der Waals surface area contributed by atoms with E-state index in [2.05, 4.69) is 30.5 Å². The number of hydrogen-bond donors (Lipinski definition) is 3. The Kier molecular flexibility index (Phi) is 6.81. The first-order valence-corrected chi connectivity index (χ1v) is 10.4. The van der Waals surface area contributed by atoms with Gasteiger partial charge >= 0.3 is 0 Å². The van der Waals surface area contributed by atoms with E-state index in [0.29, 0.717) is 23.2 Å². The van der Waals surface area contributed by atoms with Gasteiger partial charge in [0.25, 0.3) is 0 Å². The smallest absolute Gasteiger partial charge is 0.244 e. The summed E-state index contributed by atoms with van der Waals surface area (Å²) in [6.07, 6.45) is 3.34. The molecule has 0 bridgehead atoms. The molecule has 0 radical (unpaired) electrons. The van der Waals surface area contributed by atoms with Gasteiger partial charge in [-0.25, -0.2) is 13.1 Å². The summed E-state index contributed by atoms with van der Waals surface area (Å²) in [7, 11) is -2.37. The average Bonchev–Trinajstić information content (AvgIpc) is 2.73. The Morgan fingerprint density at radius 1 is 1.00 bits per heavy atom. The highest BCUT2D eigenvalue weighted by Gasteiger charge is 2.19. The van der Waals surface area contributed by atoms with Crippen molar-refractivity contribution in [3.05, 3.63) is 59.9 Å². The van der Waals surface area contributed by atoms with Crippen LogP contribution in [0.1, 0.15) is 0 Å². The van der Waals surface area contributed by atoms with Crippen LogP contribution in [0, 0.1) is 0 Å². The fraction of sp³-hybridized carbons (Fsp3) is 0.167. The van der Waals surface area contributed by atoms with Gasteiger partial charge < -0.3 is 15.4 Å². The molecule has 0 unspecified atom stereocenters. The second-order valence-electron chi connectivity index (χ2n) is 5.78. The van der Waals surface area contributed by atoms with Gasteiger partial charge in [0, 0.05) is 36.2 Å². The predicted molar refractivity (Wildman–Crippen MR) is 111 cm³/mol. The lowest BCUT2D eigenvalue weighted by atomic mass is 10.3. The molecule has 0 saturated carbocycles. The summed E-state index contributed by atoms with van der Waals surface area (Å²) in [6.45, 7) is 0.449. The number of nitrogens with zero attached hydrogens (tertiary/aromatic N) is 3. The number of benzene rings is 1. The third-order valence-electron chi connectivity index (χ3n) is 3.76. The van der Waals surface area contributed by atoms with Gasteiger partial charge in [0.1, 0.15) is 16.5 Å².